The van der Waals surface area contributed by atoms with Crippen molar-refractivity contribution in [2.24, 2.45) is 4.99 Å². The van der Waals surface area contributed by atoms with Crippen LogP contribution in [0.3, 0.4) is 0 Å². The van der Waals surface area contributed by atoms with E-state index >= 15 is 0 Å². The minimum absolute atomic E-state index is 0.882. The van der Waals surface area contributed by atoms with Crippen LogP contribution in [0.15, 0.2) is 65.8 Å². The van der Waals surface area contributed by atoms with Crippen LogP contribution in [0.4, 0.5) is 0 Å². The Morgan fingerprint density at radius 2 is 1.83 bits per heavy atom. The van der Waals surface area contributed by atoms with Crippen LogP contribution < -0.4 is 5.36 Å². The van der Waals surface area contributed by atoms with Crippen molar-refractivity contribution < 1.29 is 0 Å². The van der Waals surface area contributed by atoms with Gasteiger partial charge in [0.2, 0.25) is 0 Å². The molecule has 0 amide bonds. The Morgan fingerprint density at radius 1 is 1.00 bits per heavy atom. The van der Waals surface area contributed by atoms with E-state index in [1.54, 1.807) is 0 Å². The number of hydrogen-bond donors (Lipinski definition) is 0. The third-order valence-corrected chi connectivity index (χ3v) is 4.87. The smallest absolute Gasteiger partial charge is 0.0682 e. The molecule has 0 bridgehead atoms. The molecule has 124 valence electrons. The van der Waals surface area contributed by atoms with E-state index in [-0.39, 0.29) is 0 Å². The molecule has 0 aliphatic heterocycles. The number of fused-ring (bicyclic) bond motifs is 1. The molecule has 0 aliphatic rings. The SMILES string of the molecule is CCCCCN=c1ccn(Cc2ccccc2)c2cc(I)ccc12. The summed E-state index contributed by atoms with van der Waals surface area (Å²) in [6.07, 6.45) is 5.83. The monoisotopic (exact) mass is 430 g/mol. The zero-order chi connectivity index (χ0) is 16.8. The topological polar surface area (TPSA) is 17.3 Å². The standard InChI is InChI=1S/C21H23IN2/c1-2-3-7-13-23-20-12-14-24(16-17-8-5-4-6-9-17)21-15-18(22)10-11-19(20)21/h4-6,8-12,14-15H,2-3,7,13,16H2,1H3. The predicted octanol–water partition coefficient (Wildman–Crippen LogP) is 5.39. The number of benzene rings is 2. The molecule has 0 atom stereocenters. The lowest BCUT2D eigenvalue weighted by atomic mass is 10.1. The van der Waals surface area contributed by atoms with Gasteiger partial charge >= 0.3 is 0 Å². The molecule has 0 saturated carbocycles. The van der Waals surface area contributed by atoms with Gasteiger partial charge in [0.1, 0.15) is 0 Å². The van der Waals surface area contributed by atoms with Crippen LogP contribution in [0.2, 0.25) is 0 Å². The fourth-order valence-corrected chi connectivity index (χ4v) is 3.38. The van der Waals surface area contributed by atoms with Crippen LogP contribution in [0, 0.1) is 3.57 Å². The fraction of sp³-hybridized carbons (Fsp3) is 0.286. The summed E-state index contributed by atoms with van der Waals surface area (Å²) in [4.78, 5) is 4.83. The van der Waals surface area contributed by atoms with E-state index < -0.39 is 0 Å². The maximum atomic E-state index is 4.83. The number of rotatable bonds is 6. The minimum Gasteiger partial charge on any atom is -0.343 e. The van der Waals surface area contributed by atoms with Crippen LogP contribution in [0.1, 0.15) is 31.7 Å². The summed E-state index contributed by atoms with van der Waals surface area (Å²) in [5, 5.41) is 2.35. The first-order chi connectivity index (χ1) is 11.8. The molecule has 0 radical (unpaired) electrons. The van der Waals surface area contributed by atoms with Crippen molar-refractivity contribution in [2.45, 2.75) is 32.7 Å². The van der Waals surface area contributed by atoms with Crippen molar-refractivity contribution in [1.82, 2.24) is 4.57 Å². The molecule has 24 heavy (non-hydrogen) atoms. The number of unbranched alkanes of at least 4 members (excludes halogenated alkanes) is 2. The number of pyridine rings is 1. The molecule has 1 heterocycles. The molecular formula is C21H23IN2. The van der Waals surface area contributed by atoms with E-state index in [4.69, 9.17) is 4.99 Å². The third-order valence-electron chi connectivity index (χ3n) is 4.20. The summed E-state index contributed by atoms with van der Waals surface area (Å²) >= 11 is 2.38. The van der Waals surface area contributed by atoms with Crippen molar-refractivity contribution in [3.05, 3.63) is 75.3 Å². The van der Waals surface area contributed by atoms with Gasteiger partial charge in [0.15, 0.2) is 0 Å². The number of halogens is 1. The highest BCUT2D eigenvalue weighted by molar-refractivity contribution is 14.1. The molecule has 0 saturated heterocycles. The van der Waals surface area contributed by atoms with Crippen LogP contribution >= 0.6 is 22.6 Å². The van der Waals surface area contributed by atoms with Gasteiger partial charge in [0.25, 0.3) is 0 Å². The van der Waals surface area contributed by atoms with Crippen LogP contribution in [0.25, 0.3) is 10.9 Å². The highest BCUT2D eigenvalue weighted by Crippen LogP contribution is 2.16. The lowest BCUT2D eigenvalue weighted by molar-refractivity contribution is 0.720. The van der Waals surface area contributed by atoms with Crippen molar-refractivity contribution in [2.75, 3.05) is 6.54 Å². The maximum Gasteiger partial charge on any atom is 0.0682 e. The molecule has 2 nitrogen and oxygen atoms in total. The summed E-state index contributed by atoms with van der Waals surface area (Å²) in [6.45, 7) is 4.03. The fourth-order valence-electron chi connectivity index (χ4n) is 2.91. The van der Waals surface area contributed by atoms with E-state index in [1.165, 1.54) is 39.3 Å². The van der Waals surface area contributed by atoms with Gasteiger partial charge in [-0.25, -0.2) is 0 Å². The van der Waals surface area contributed by atoms with Crippen molar-refractivity contribution in [3.8, 4) is 0 Å². The molecular weight excluding hydrogens is 407 g/mol. The van der Waals surface area contributed by atoms with Crippen molar-refractivity contribution >= 4 is 33.5 Å². The lowest BCUT2D eigenvalue weighted by Crippen LogP contribution is -2.11. The first-order valence-electron chi connectivity index (χ1n) is 8.61. The second-order valence-corrected chi connectivity index (χ2v) is 7.31. The van der Waals surface area contributed by atoms with E-state index in [0.717, 1.165) is 18.4 Å². The van der Waals surface area contributed by atoms with Gasteiger partial charge < -0.3 is 4.57 Å². The quantitative estimate of drug-likeness (QED) is 0.369. The second-order valence-electron chi connectivity index (χ2n) is 6.06. The van der Waals surface area contributed by atoms with Crippen LogP contribution in [-0.2, 0) is 6.54 Å². The number of aromatic nitrogens is 1. The van der Waals surface area contributed by atoms with Gasteiger partial charge in [0, 0.05) is 28.2 Å². The van der Waals surface area contributed by atoms with Gasteiger partial charge in [-0.2, -0.15) is 0 Å². The summed E-state index contributed by atoms with van der Waals surface area (Å²) in [5.41, 5.74) is 2.57. The van der Waals surface area contributed by atoms with Gasteiger partial charge in [-0.15, -0.1) is 0 Å². The molecule has 0 aliphatic carbocycles. The van der Waals surface area contributed by atoms with Crippen molar-refractivity contribution in [3.63, 3.8) is 0 Å². The second kappa shape index (κ2) is 8.47. The van der Waals surface area contributed by atoms with Gasteiger partial charge in [-0.3, -0.25) is 4.99 Å². The third kappa shape index (κ3) is 4.26. The van der Waals surface area contributed by atoms with Gasteiger partial charge in [-0.1, -0.05) is 50.1 Å². The summed E-state index contributed by atoms with van der Waals surface area (Å²) in [6, 6.07) is 19.4. The first-order valence-corrected chi connectivity index (χ1v) is 9.69. The Hall–Kier alpha value is -1.62. The molecule has 3 rings (SSSR count). The number of nitrogens with zero attached hydrogens (tertiary/aromatic N) is 2. The highest BCUT2D eigenvalue weighted by atomic mass is 127. The van der Waals surface area contributed by atoms with E-state index in [2.05, 4.69) is 94.9 Å². The molecule has 0 fully saturated rings. The normalized spacial score (nSPS) is 12.0. The van der Waals surface area contributed by atoms with Gasteiger partial charge in [0.05, 0.1) is 10.9 Å². The van der Waals surface area contributed by atoms with E-state index in [9.17, 15) is 0 Å². The van der Waals surface area contributed by atoms with Crippen molar-refractivity contribution in [1.29, 1.82) is 0 Å². The molecule has 0 N–H and O–H groups in total. The number of hydrogen-bond acceptors (Lipinski definition) is 1. The first kappa shape index (κ1) is 17.2. The molecule has 3 aromatic rings. The highest BCUT2D eigenvalue weighted by Gasteiger charge is 2.03. The molecule has 3 heteroatoms. The zero-order valence-corrected chi connectivity index (χ0v) is 16.2. The summed E-state index contributed by atoms with van der Waals surface area (Å²) < 4.78 is 3.57. The largest absolute Gasteiger partial charge is 0.343 e. The van der Waals surface area contributed by atoms with Crippen LogP contribution in [-0.4, -0.2) is 11.1 Å². The predicted molar refractivity (Wildman–Crippen MR) is 110 cm³/mol. The molecule has 0 spiro atoms. The van der Waals surface area contributed by atoms with E-state index in [1.807, 2.05) is 0 Å². The average molecular weight is 430 g/mol. The summed E-state index contributed by atoms with van der Waals surface area (Å²) in [7, 11) is 0. The Balaban J connectivity index is 2.01. The lowest BCUT2D eigenvalue weighted by Gasteiger charge is -2.12. The van der Waals surface area contributed by atoms with E-state index in [0.29, 0.717) is 0 Å². The Morgan fingerprint density at radius 3 is 2.62 bits per heavy atom. The Bertz CT molecular complexity index is 866. The van der Waals surface area contributed by atoms with Gasteiger partial charge in [-0.05, 0) is 58.8 Å². The molecule has 1 aromatic heterocycles. The average Bonchev–Trinajstić information content (AvgIpc) is 2.61. The Kier molecular flexibility index (Phi) is 6.07. The minimum atomic E-state index is 0.882. The maximum absolute atomic E-state index is 4.83. The van der Waals surface area contributed by atoms with Crippen LogP contribution in [0.5, 0.6) is 0 Å². The molecule has 2 aromatic carbocycles. The summed E-state index contributed by atoms with van der Waals surface area (Å²) in [5.74, 6) is 0. The molecule has 0 unspecified atom stereocenters. The Labute approximate surface area is 157 Å². The zero-order valence-electron chi connectivity index (χ0n) is 14.1.